The number of carbonyl (C=O) groups is 2. The third-order valence-electron chi connectivity index (χ3n) is 2.52. The summed E-state index contributed by atoms with van der Waals surface area (Å²) >= 11 is 0. The second kappa shape index (κ2) is 6.32. The normalized spacial score (nSPS) is 17.2. The average molecular weight is 230 g/mol. The Labute approximate surface area is 94.6 Å². The maximum Gasteiger partial charge on any atom is 0.323 e. The molecule has 0 aromatic carbocycles. The zero-order valence-electron chi connectivity index (χ0n) is 9.44. The molecule has 1 aliphatic heterocycles. The molecule has 0 saturated carbocycles. The van der Waals surface area contributed by atoms with Crippen molar-refractivity contribution in [2.75, 3.05) is 26.2 Å². The Morgan fingerprint density at radius 2 is 2.06 bits per heavy atom. The van der Waals surface area contributed by atoms with E-state index in [9.17, 15) is 9.59 Å². The number of carboxylic acids is 1. The molecule has 92 valence electrons. The highest BCUT2D eigenvalue weighted by Crippen LogP contribution is 2.13. The first-order chi connectivity index (χ1) is 7.63. The van der Waals surface area contributed by atoms with Crippen LogP contribution in [0.5, 0.6) is 0 Å². The molecule has 1 saturated heterocycles. The number of hydrogen-bond acceptors (Lipinski definition) is 3. The number of hydrogen-bond donors (Lipinski definition) is 2. The number of likely N-dealkylation sites (tertiary alicyclic amines) is 1. The third kappa shape index (κ3) is 4.06. The van der Waals surface area contributed by atoms with Crippen molar-refractivity contribution in [1.29, 1.82) is 0 Å². The largest absolute Gasteiger partial charge is 0.480 e. The van der Waals surface area contributed by atoms with Gasteiger partial charge in [-0.05, 0) is 19.8 Å². The summed E-state index contributed by atoms with van der Waals surface area (Å²) in [5.41, 5.74) is 0. The molecule has 0 aromatic rings. The average Bonchev–Trinajstić information content (AvgIpc) is 2.27. The van der Waals surface area contributed by atoms with E-state index < -0.39 is 5.97 Å². The van der Waals surface area contributed by atoms with Crippen molar-refractivity contribution in [2.24, 2.45) is 0 Å². The minimum Gasteiger partial charge on any atom is -0.480 e. The van der Waals surface area contributed by atoms with Gasteiger partial charge in [-0.2, -0.15) is 0 Å². The van der Waals surface area contributed by atoms with Gasteiger partial charge in [0, 0.05) is 19.7 Å². The van der Waals surface area contributed by atoms with Crippen LogP contribution >= 0.6 is 0 Å². The van der Waals surface area contributed by atoms with E-state index in [4.69, 9.17) is 9.84 Å². The number of rotatable bonds is 4. The molecular weight excluding hydrogens is 212 g/mol. The van der Waals surface area contributed by atoms with Crippen LogP contribution in [-0.4, -0.2) is 54.4 Å². The number of carbonyl (C=O) groups excluding carboxylic acids is 1. The molecule has 1 fully saturated rings. The lowest BCUT2D eigenvalue weighted by molar-refractivity contribution is -0.135. The Morgan fingerprint density at radius 1 is 1.44 bits per heavy atom. The number of piperidine rings is 1. The lowest BCUT2D eigenvalue weighted by Gasteiger charge is -2.31. The van der Waals surface area contributed by atoms with Crippen LogP contribution in [0.25, 0.3) is 0 Å². The highest BCUT2D eigenvalue weighted by Gasteiger charge is 2.22. The SMILES string of the molecule is CCOC1CCN(C(=O)NCC(=O)O)CC1. The number of nitrogens with one attached hydrogen (secondary N) is 1. The summed E-state index contributed by atoms with van der Waals surface area (Å²) in [6, 6.07) is -0.308. The zero-order valence-corrected chi connectivity index (χ0v) is 9.44. The van der Waals surface area contributed by atoms with E-state index in [0.717, 1.165) is 12.8 Å². The molecule has 2 N–H and O–H groups in total. The van der Waals surface area contributed by atoms with Crippen molar-refractivity contribution in [3.05, 3.63) is 0 Å². The van der Waals surface area contributed by atoms with Gasteiger partial charge in [-0.25, -0.2) is 4.79 Å². The molecule has 0 bridgehead atoms. The molecule has 1 aliphatic rings. The molecule has 1 rings (SSSR count). The molecule has 6 nitrogen and oxygen atoms in total. The third-order valence-corrected chi connectivity index (χ3v) is 2.52. The van der Waals surface area contributed by atoms with Crippen molar-refractivity contribution >= 4 is 12.0 Å². The first kappa shape index (κ1) is 12.8. The van der Waals surface area contributed by atoms with Crippen LogP contribution in [0.4, 0.5) is 4.79 Å². The Bertz CT molecular complexity index is 249. The summed E-state index contributed by atoms with van der Waals surface area (Å²) in [4.78, 5) is 23.4. The van der Waals surface area contributed by atoms with Crippen molar-refractivity contribution in [3.63, 3.8) is 0 Å². The topological polar surface area (TPSA) is 78.9 Å². The van der Waals surface area contributed by atoms with Crippen LogP contribution in [0.15, 0.2) is 0 Å². The highest BCUT2D eigenvalue weighted by atomic mass is 16.5. The summed E-state index contributed by atoms with van der Waals surface area (Å²) in [5.74, 6) is -1.03. The predicted octanol–water partition coefficient (Wildman–Crippen LogP) is 0.281. The summed E-state index contributed by atoms with van der Waals surface area (Å²) < 4.78 is 5.46. The van der Waals surface area contributed by atoms with E-state index in [2.05, 4.69) is 5.32 Å². The van der Waals surface area contributed by atoms with Gasteiger partial charge in [-0.3, -0.25) is 4.79 Å². The maximum absolute atomic E-state index is 11.5. The summed E-state index contributed by atoms with van der Waals surface area (Å²) in [5, 5.41) is 10.8. The molecule has 6 heteroatoms. The van der Waals surface area contributed by atoms with Crippen molar-refractivity contribution < 1.29 is 19.4 Å². The van der Waals surface area contributed by atoms with Gasteiger partial charge in [-0.15, -0.1) is 0 Å². The smallest absolute Gasteiger partial charge is 0.323 e. The highest BCUT2D eigenvalue weighted by molar-refractivity contribution is 5.79. The fourth-order valence-electron chi connectivity index (χ4n) is 1.72. The number of ether oxygens (including phenoxy) is 1. The monoisotopic (exact) mass is 230 g/mol. The fourth-order valence-corrected chi connectivity index (χ4v) is 1.72. The van der Waals surface area contributed by atoms with Crippen molar-refractivity contribution in [1.82, 2.24) is 10.2 Å². The lowest BCUT2D eigenvalue weighted by Crippen LogP contribution is -2.47. The molecule has 16 heavy (non-hydrogen) atoms. The van der Waals surface area contributed by atoms with Crippen LogP contribution < -0.4 is 5.32 Å². The maximum atomic E-state index is 11.5. The predicted molar refractivity (Wildman–Crippen MR) is 57.3 cm³/mol. The van der Waals surface area contributed by atoms with Crippen LogP contribution in [0, 0.1) is 0 Å². The molecule has 2 amide bonds. The molecule has 0 atom stereocenters. The second-order valence-corrected chi connectivity index (χ2v) is 3.69. The zero-order chi connectivity index (χ0) is 12.0. The van der Waals surface area contributed by atoms with Gasteiger partial charge in [0.1, 0.15) is 6.54 Å². The molecular formula is C10H18N2O4. The van der Waals surface area contributed by atoms with Gasteiger partial charge in [0.2, 0.25) is 0 Å². The summed E-state index contributed by atoms with van der Waals surface area (Å²) in [6.45, 7) is 3.55. The Morgan fingerprint density at radius 3 is 2.56 bits per heavy atom. The van der Waals surface area contributed by atoms with E-state index in [0.29, 0.717) is 19.7 Å². The number of urea groups is 1. The van der Waals surface area contributed by atoms with Gasteiger partial charge in [0.25, 0.3) is 0 Å². The van der Waals surface area contributed by atoms with Crippen LogP contribution in [-0.2, 0) is 9.53 Å². The Kier molecular flexibility index (Phi) is 5.04. The minimum atomic E-state index is -1.03. The van der Waals surface area contributed by atoms with Crippen molar-refractivity contribution in [3.8, 4) is 0 Å². The van der Waals surface area contributed by atoms with E-state index in [1.807, 2.05) is 6.92 Å². The molecule has 0 aromatic heterocycles. The van der Waals surface area contributed by atoms with Crippen LogP contribution in [0.1, 0.15) is 19.8 Å². The van der Waals surface area contributed by atoms with Crippen LogP contribution in [0.2, 0.25) is 0 Å². The van der Waals surface area contributed by atoms with Gasteiger partial charge in [0.15, 0.2) is 0 Å². The number of nitrogens with zero attached hydrogens (tertiary/aromatic N) is 1. The fraction of sp³-hybridized carbons (Fsp3) is 0.800. The van der Waals surface area contributed by atoms with Gasteiger partial charge >= 0.3 is 12.0 Å². The van der Waals surface area contributed by atoms with Gasteiger partial charge < -0.3 is 20.1 Å². The Hall–Kier alpha value is -1.30. The summed E-state index contributed by atoms with van der Waals surface area (Å²) in [7, 11) is 0. The van der Waals surface area contributed by atoms with Gasteiger partial charge in [0.05, 0.1) is 6.10 Å². The summed E-state index contributed by atoms with van der Waals surface area (Å²) in [6.07, 6.45) is 1.86. The van der Waals surface area contributed by atoms with Gasteiger partial charge in [-0.1, -0.05) is 0 Å². The van der Waals surface area contributed by atoms with E-state index >= 15 is 0 Å². The van der Waals surface area contributed by atoms with E-state index in [-0.39, 0.29) is 18.7 Å². The first-order valence-corrected chi connectivity index (χ1v) is 5.49. The molecule has 0 aliphatic carbocycles. The molecule has 0 radical (unpaired) electrons. The minimum absolute atomic E-state index is 0.230. The molecule has 0 spiro atoms. The second-order valence-electron chi connectivity index (χ2n) is 3.69. The van der Waals surface area contributed by atoms with Crippen LogP contribution in [0.3, 0.4) is 0 Å². The number of carboxylic acid groups (broad SMARTS) is 1. The number of amides is 2. The van der Waals surface area contributed by atoms with Crippen molar-refractivity contribution in [2.45, 2.75) is 25.9 Å². The first-order valence-electron chi connectivity index (χ1n) is 5.49. The standard InChI is InChI=1S/C10H18N2O4/c1-2-16-8-3-5-12(6-4-8)10(15)11-7-9(13)14/h8H,2-7H2,1H3,(H,11,15)(H,13,14). The van der Waals surface area contributed by atoms with E-state index in [1.165, 1.54) is 0 Å². The Balaban J connectivity index is 2.24. The molecule has 1 heterocycles. The quantitative estimate of drug-likeness (QED) is 0.727. The lowest BCUT2D eigenvalue weighted by atomic mass is 10.1. The number of aliphatic carboxylic acids is 1. The van der Waals surface area contributed by atoms with E-state index in [1.54, 1.807) is 4.90 Å². The molecule has 0 unspecified atom stereocenters.